The summed E-state index contributed by atoms with van der Waals surface area (Å²) in [6.07, 6.45) is 2.46. The molecule has 1 aliphatic heterocycles. The van der Waals surface area contributed by atoms with E-state index in [9.17, 15) is 4.79 Å². The minimum atomic E-state index is -0.0765. The van der Waals surface area contributed by atoms with E-state index in [0.717, 1.165) is 49.4 Å². The minimum absolute atomic E-state index is 0.0765. The Kier molecular flexibility index (Phi) is 8.31. The van der Waals surface area contributed by atoms with Crippen molar-refractivity contribution in [1.82, 2.24) is 19.6 Å². The summed E-state index contributed by atoms with van der Waals surface area (Å²) in [5.41, 5.74) is 3.90. The van der Waals surface area contributed by atoms with Gasteiger partial charge in [0.1, 0.15) is 11.5 Å². The number of aryl methyl sites for hydroxylation is 1. The highest BCUT2D eigenvalue weighted by Gasteiger charge is 2.22. The van der Waals surface area contributed by atoms with Gasteiger partial charge in [0.05, 0.1) is 7.11 Å². The van der Waals surface area contributed by atoms with Crippen LogP contribution in [-0.4, -0.2) is 46.4 Å². The summed E-state index contributed by atoms with van der Waals surface area (Å²) in [6.45, 7) is 4.85. The van der Waals surface area contributed by atoms with Crippen LogP contribution < -0.4 is 14.8 Å². The number of carbonyl (C=O) groups excluding carboxylic acids is 1. The molecule has 0 unspecified atom stereocenters. The van der Waals surface area contributed by atoms with Crippen LogP contribution in [0.3, 0.4) is 0 Å². The monoisotopic (exact) mass is 528 g/mol. The minimum Gasteiger partial charge on any atom is -0.497 e. The third kappa shape index (κ3) is 6.76. The second-order valence-electron chi connectivity index (χ2n) is 9.60. The number of nitrogens with zero attached hydrogens (tertiary/aromatic N) is 3. The molecule has 1 aliphatic rings. The first-order valence-corrected chi connectivity index (χ1v) is 13.6. The number of benzene rings is 3. The fourth-order valence-corrected chi connectivity index (χ4v) is 5.17. The lowest BCUT2D eigenvalue weighted by atomic mass is 10.0. The van der Waals surface area contributed by atoms with Gasteiger partial charge in [0.25, 0.3) is 11.1 Å². The van der Waals surface area contributed by atoms with Gasteiger partial charge in [-0.25, -0.2) is 0 Å². The Morgan fingerprint density at radius 2 is 1.82 bits per heavy atom. The maximum absolute atomic E-state index is 13.0. The van der Waals surface area contributed by atoms with Crippen molar-refractivity contribution in [3.05, 3.63) is 101 Å². The smallest absolute Gasteiger partial charge is 0.298 e. The maximum atomic E-state index is 13.0. The van der Waals surface area contributed by atoms with Gasteiger partial charge >= 0.3 is 0 Å². The Morgan fingerprint density at radius 1 is 1.03 bits per heavy atom. The van der Waals surface area contributed by atoms with Gasteiger partial charge in [-0.15, -0.1) is 0 Å². The summed E-state index contributed by atoms with van der Waals surface area (Å²) in [7, 11) is 1.65. The van der Waals surface area contributed by atoms with Crippen molar-refractivity contribution in [2.45, 2.75) is 38.8 Å². The number of methoxy groups -OCH3 is 1. The number of likely N-dealkylation sites (tertiary alicyclic amines) is 1. The second-order valence-corrected chi connectivity index (χ2v) is 10.3. The first kappa shape index (κ1) is 25.9. The van der Waals surface area contributed by atoms with Crippen LogP contribution in [0.1, 0.15) is 45.7 Å². The number of ether oxygens (including phenoxy) is 2. The number of piperidine rings is 1. The summed E-state index contributed by atoms with van der Waals surface area (Å²) >= 11 is 1.21. The molecule has 3 aromatic carbocycles. The lowest BCUT2D eigenvalue weighted by Gasteiger charge is -2.32. The summed E-state index contributed by atoms with van der Waals surface area (Å²) in [5.74, 6) is 2.02. The van der Waals surface area contributed by atoms with Crippen molar-refractivity contribution < 1.29 is 14.3 Å². The molecule has 0 bridgehead atoms. The third-order valence-electron chi connectivity index (χ3n) is 6.77. The van der Waals surface area contributed by atoms with E-state index in [4.69, 9.17) is 9.47 Å². The molecule has 0 spiro atoms. The van der Waals surface area contributed by atoms with E-state index < -0.39 is 0 Å². The van der Waals surface area contributed by atoms with E-state index in [1.165, 1.54) is 17.1 Å². The average molecular weight is 529 g/mol. The van der Waals surface area contributed by atoms with Gasteiger partial charge in [0.2, 0.25) is 0 Å². The van der Waals surface area contributed by atoms with Crippen LogP contribution in [0.5, 0.6) is 16.7 Å². The fourth-order valence-electron chi connectivity index (χ4n) is 4.61. The van der Waals surface area contributed by atoms with Crippen LogP contribution in [0.4, 0.5) is 0 Å². The van der Waals surface area contributed by atoms with Gasteiger partial charge in [0, 0.05) is 49.2 Å². The zero-order chi connectivity index (χ0) is 26.3. The van der Waals surface area contributed by atoms with Gasteiger partial charge in [0.15, 0.2) is 5.82 Å². The normalized spacial score (nSPS) is 14.3. The Morgan fingerprint density at radius 3 is 2.61 bits per heavy atom. The van der Waals surface area contributed by atoms with Gasteiger partial charge in [-0.05, 0) is 60.7 Å². The van der Waals surface area contributed by atoms with Gasteiger partial charge < -0.3 is 14.8 Å². The van der Waals surface area contributed by atoms with Crippen LogP contribution in [0.2, 0.25) is 0 Å². The molecule has 1 N–H and O–H groups in total. The van der Waals surface area contributed by atoms with E-state index in [0.29, 0.717) is 28.8 Å². The largest absolute Gasteiger partial charge is 0.497 e. The molecular weight excluding hydrogens is 496 g/mol. The topological polar surface area (TPSA) is 76.6 Å². The van der Waals surface area contributed by atoms with Crippen molar-refractivity contribution in [3.8, 4) is 16.7 Å². The Labute approximate surface area is 227 Å². The zero-order valence-electron chi connectivity index (χ0n) is 21.7. The van der Waals surface area contributed by atoms with Crippen molar-refractivity contribution >= 4 is 17.4 Å². The van der Waals surface area contributed by atoms with Crippen LogP contribution in [0.15, 0.2) is 72.8 Å². The van der Waals surface area contributed by atoms with Crippen molar-refractivity contribution in [1.29, 1.82) is 0 Å². The number of nitrogens with one attached hydrogen (secondary N) is 1. The first-order valence-electron chi connectivity index (χ1n) is 12.9. The highest BCUT2D eigenvalue weighted by atomic mass is 32.1. The molecule has 4 aromatic rings. The molecule has 196 valence electrons. The molecule has 1 fully saturated rings. The number of hydrogen-bond donors (Lipinski definition) is 1. The highest BCUT2D eigenvalue weighted by Crippen LogP contribution is 2.28. The molecule has 7 nitrogen and oxygen atoms in total. The predicted octanol–water partition coefficient (Wildman–Crippen LogP) is 5.63. The molecule has 0 radical (unpaired) electrons. The van der Waals surface area contributed by atoms with Crippen molar-refractivity contribution in [3.63, 3.8) is 0 Å². The highest BCUT2D eigenvalue weighted by molar-refractivity contribution is 7.07. The SMILES string of the molecule is COc1cccc(Cc2nsc(Oc3cc(C(=O)NC4CCN(Cc5ccccc5)CC4)ccc3C)n2)c1. The summed E-state index contributed by atoms with van der Waals surface area (Å²) in [5, 5.41) is 3.67. The number of hydrogen-bond acceptors (Lipinski definition) is 7. The third-order valence-corrected chi connectivity index (χ3v) is 7.40. The number of rotatable bonds is 9. The molecule has 1 aromatic heterocycles. The van der Waals surface area contributed by atoms with Crippen LogP contribution in [-0.2, 0) is 13.0 Å². The standard InChI is InChI=1S/C30H32N4O3S/c1-21-11-12-24(29(35)31-25-13-15-34(16-14-25)20-22-7-4-3-5-8-22)19-27(21)37-30-32-28(33-38-30)18-23-9-6-10-26(17-23)36-2/h3-12,17,19,25H,13-16,18,20H2,1-2H3,(H,31,35). The molecule has 0 saturated carbocycles. The lowest BCUT2D eigenvalue weighted by molar-refractivity contribution is 0.0908. The molecule has 8 heteroatoms. The van der Waals surface area contributed by atoms with E-state index >= 15 is 0 Å². The maximum Gasteiger partial charge on any atom is 0.298 e. The summed E-state index contributed by atoms with van der Waals surface area (Å²) in [4.78, 5) is 20.0. The zero-order valence-corrected chi connectivity index (χ0v) is 22.5. The molecule has 5 rings (SSSR count). The van der Waals surface area contributed by atoms with E-state index in [2.05, 4.69) is 43.8 Å². The van der Waals surface area contributed by atoms with Crippen LogP contribution in [0.25, 0.3) is 0 Å². The van der Waals surface area contributed by atoms with Crippen molar-refractivity contribution in [2.24, 2.45) is 0 Å². The van der Waals surface area contributed by atoms with E-state index in [-0.39, 0.29) is 11.9 Å². The number of aromatic nitrogens is 2. The Bertz CT molecular complexity index is 1370. The number of amides is 1. The molecule has 0 atom stereocenters. The Hall–Kier alpha value is -3.75. The molecule has 1 amide bonds. The lowest BCUT2D eigenvalue weighted by Crippen LogP contribution is -2.44. The van der Waals surface area contributed by atoms with Gasteiger partial charge in [-0.1, -0.05) is 48.5 Å². The molecule has 1 saturated heterocycles. The number of carbonyl (C=O) groups is 1. The van der Waals surface area contributed by atoms with Crippen molar-refractivity contribution in [2.75, 3.05) is 20.2 Å². The molecule has 38 heavy (non-hydrogen) atoms. The second kappa shape index (κ2) is 12.2. The Balaban J connectivity index is 1.16. The van der Waals surface area contributed by atoms with Gasteiger partial charge in [-0.2, -0.15) is 9.36 Å². The fraction of sp³-hybridized carbons (Fsp3) is 0.300. The quantitative estimate of drug-likeness (QED) is 0.303. The predicted molar refractivity (Wildman–Crippen MR) is 149 cm³/mol. The van der Waals surface area contributed by atoms with E-state index in [1.54, 1.807) is 13.2 Å². The molecular formula is C30H32N4O3S. The first-order chi connectivity index (χ1) is 18.6. The summed E-state index contributed by atoms with van der Waals surface area (Å²) in [6, 6.07) is 24.1. The van der Waals surface area contributed by atoms with Crippen LogP contribution >= 0.6 is 11.5 Å². The average Bonchev–Trinajstić information content (AvgIpc) is 3.38. The van der Waals surface area contributed by atoms with Crippen LogP contribution in [0, 0.1) is 6.92 Å². The molecule has 0 aliphatic carbocycles. The van der Waals surface area contributed by atoms with Gasteiger partial charge in [-0.3, -0.25) is 9.69 Å². The summed E-state index contributed by atoms with van der Waals surface area (Å²) < 4.78 is 15.8. The van der Waals surface area contributed by atoms with E-state index in [1.807, 2.05) is 49.4 Å². The molecule has 2 heterocycles.